The fourth-order valence-corrected chi connectivity index (χ4v) is 2.66. The average Bonchev–Trinajstić information content (AvgIpc) is 2.67. The summed E-state index contributed by atoms with van der Waals surface area (Å²) in [5, 5.41) is 6.64. The second-order valence-electron chi connectivity index (χ2n) is 6.22. The molecule has 0 aliphatic rings. The number of benzene rings is 2. The van der Waals surface area contributed by atoms with E-state index in [0.717, 1.165) is 17.3 Å². The maximum absolute atomic E-state index is 5.43. The lowest BCUT2D eigenvalue weighted by Crippen LogP contribution is -2.05. The minimum Gasteiger partial charge on any atom is -0.497 e. The third-order valence-electron chi connectivity index (χ3n) is 4.10. The zero-order chi connectivity index (χ0) is 19.2. The summed E-state index contributed by atoms with van der Waals surface area (Å²) in [5.41, 5.74) is 3.25. The van der Waals surface area contributed by atoms with Crippen molar-refractivity contribution in [2.45, 2.75) is 20.4 Å². The van der Waals surface area contributed by atoms with E-state index in [9.17, 15) is 0 Å². The Morgan fingerprint density at radius 1 is 0.852 bits per heavy atom. The Balaban J connectivity index is 1.76. The van der Waals surface area contributed by atoms with Gasteiger partial charge in [0.2, 0.25) is 0 Å². The number of hydrogen-bond acceptors (Lipinski definition) is 6. The first-order valence-corrected chi connectivity index (χ1v) is 8.71. The third-order valence-corrected chi connectivity index (χ3v) is 4.10. The zero-order valence-electron chi connectivity index (χ0n) is 16.0. The molecular weight excluding hydrogens is 340 g/mol. The standard InChI is InChI=1S/C21H24N4O2/c1-14-5-7-16(8-6-14)13-22-20-12-21(24-15(2)23-20)25-18-10-9-17(26-3)11-19(18)27-4/h5-12H,13H2,1-4H3,(H2,22,23,24,25). The van der Waals surface area contributed by atoms with Gasteiger partial charge in [0, 0.05) is 18.7 Å². The molecule has 1 aromatic heterocycles. The highest BCUT2D eigenvalue weighted by atomic mass is 16.5. The number of ether oxygens (including phenoxy) is 2. The van der Waals surface area contributed by atoms with E-state index in [4.69, 9.17) is 9.47 Å². The van der Waals surface area contributed by atoms with E-state index in [0.29, 0.717) is 23.9 Å². The van der Waals surface area contributed by atoms with Crippen molar-refractivity contribution >= 4 is 17.3 Å². The van der Waals surface area contributed by atoms with Crippen LogP contribution < -0.4 is 20.1 Å². The van der Waals surface area contributed by atoms with Gasteiger partial charge in [0.15, 0.2) is 0 Å². The van der Waals surface area contributed by atoms with E-state index in [-0.39, 0.29) is 0 Å². The Morgan fingerprint density at radius 2 is 1.59 bits per heavy atom. The van der Waals surface area contributed by atoms with Crippen LogP contribution in [-0.4, -0.2) is 24.2 Å². The van der Waals surface area contributed by atoms with Gasteiger partial charge in [-0.1, -0.05) is 29.8 Å². The predicted molar refractivity (Wildman–Crippen MR) is 108 cm³/mol. The molecule has 2 aromatic carbocycles. The molecule has 0 aliphatic heterocycles. The molecule has 3 rings (SSSR count). The summed E-state index contributed by atoms with van der Waals surface area (Å²) in [4.78, 5) is 8.93. The van der Waals surface area contributed by atoms with Crippen LogP contribution in [0.2, 0.25) is 0 Å². The number of hydrogen-bond donors (Lipinski definition) is 2. The monoisotopic (exact) mass is 364 g/mol. The molecular formula is C21H24N4O2. The van der Waals surface area contributed by atoms with Crippen molar-refractivity contribution in [2.24, 2.45) is 0 Å². The Morgan fingerprint density at radius 3 is 2.30 bits per heavy atom. The van der Waals surface area contributed by atoms with E-state index in [1.807, 2.05) is 31.2 Å². The molecule has 140 valence electrons. The van der Waals surface area contributed by atoms with Gasteiger partial charge >= 0.3 is 0 Å². The van der Waals surface area contributed by atoms with Crippen LogP contribution >= 0.6 is 0 Å². The highest BCUT2D eigenvalue weighted by Gasteiger charge is 2.08. The Kier molecular flexibility index (Phi) is 5.76. The van der Waals surface area contributed by atoms with Crippen LogP contribution in [-0.2, 0) is 6.54 Å². The summed E-state index contributed by atoms with van der Waals surface area (Å²) < 4.78 is 10.7. The van der Waals surface area contributed by atoms with Gasteiger partial charge in [-0.15, -0.1) is 0 Å². The maximum Gasteiger partial charge on any atom is 0.146 e. The van der Waals surface area contributed by atoms with Gasteiger partial charge in [-0.25, -0.2) is 9.97 Å². The summed E-state index contributed by atoms with van der Waals surface area (Å²) >= 11 is 0. The van der Waals surface area contributed by atoms with Crippen molar-refractivity contribution in [1.29, 1.82) is 0 Å². The predicted octanol–water partition coefficient (Wildman–Crippen LogP) is 4.47. The fourth-order valence-electron chi connectivity index (χ4n) is 2.66. The van der Waals surface area contributed by atoms with E-state index in [1.54, 1.807) is 14.2 Å². The Hall–Kier alpha value is -3.28. The van der Waals surface area contributed by atoms with E-state index >= 15 is 0 Å². The van der Waals surface area contributed by atoms with Crippen LogP contribution in [0.3, 0.4) is 0 Å². The molecule has 0 unspecified atom stereocenters. The molecule has 0 aliphatic carbocycles. The Labute approximate surface area is 159 Å². The smallest absolute Gasteiger partial charge is 0.146 e. The van der Waals surface area contributed by atoms with Crippen molar-refractivity contribution in [2.75, 3.05) is 24.9 Å². The normalized spacial score (nSPS) is 10.4. The van der Waals surface area contributed by atoms with Crippen LogP contribution in [0, 0.1) is 13.8 Å². The van der Waals surface area contributed by atoms with E-state index in [1.165, 1.54) is 11.1 Å². The lowest BCUT2D eigenvalue weighted by atomic mass is 10.1. The topological polar surface area (TPSA) is 68.3 Å². The molecule has 3 aromatic rings. The number of anilines is 3. The molecule has 0 amide bonds. The van der Waals surface area contributed by atoms with Crippen molar-refractivity contribution in [3.05, 3.63) is 65.5 Å². The van der Waals surface area contributed by atoms with Gasteiger partial charge < -0.3 is 20.1 Å². The minimum absolute atomic E-state index is 0.680. The van der Waals surface area contributed by atoms with Crippen molar-refractivity contribution < 1.29 is 9.47 Å². The molecule has 0 spiro atoms. The van der Waals surface area contributed by atoms with Gasteiger partial charge in [0.1, 0.15) is 29.0 Å². The lowest BCUT2D eigenvalue weighted by Gasteiger charge is -2.13. The summed E-state index contributed by atoms with van der Waals surface area (Å²) in [7, 11) is 3.25. The molecule has 1 heterocycles. The van der Waals surface area contributed by atoms with Gasteiger partial charge in [-0.3, -0.25) is 0 Å². The lowest BCUT2D eigenvalue weighted by molar-refractivity contribution is 0.395. The fraction of sp³-hybridized carbons (Fsp3) is 0.238. The van der Waals surface area contributed by atoms with Gasteiger partial charge in [0.05, 0.1) is 19.9 Å². The van der Waals surface area contributed by atoms with Crippen molar-refractivity contribution in [3.63, 3.8) is 0 Å². The quantitative estimate of drug-likeness (QED) is 0.645. The second-order valence-corrected chi connectivity index (χ2v) is 6.22. The number of nitrogens with zero attached hydrogens (tertiary/aromatic N) is 2. The number of aromatic nitrogens is 2. The zero-order valence-corrected chi connectivity index (χ0v) is 16.0. The molecule has 6 nitrogen and oxygen atoms in total. The molecule has 6 heteroatoms. The number of nitrogens with one attached hydrogen (secondary N) is 2. The first-order valence-electron chi connectivity index (χ1n) is 8.71. The SMILES string of the molecule is COc1ccc(Nc2cc(NCc3ccc(C)cc3)nc(C)n2)c(OC)c1. The summed E-state index contributed by atoms with van der Waals surface area (Å²) in [6, 6.07) is 15.9. The highest BCUT2D eigenvalue weighted by Crippen LogP contribution is 2.31. The van der Waals surface area contributed by atoms with Crippen LogP contribution in [0.4, 0.5) is 17.3 Å². The largest absolute Gasteiger partial charge is 0.497 e. The summed E-state index contributed by atoms with van der Waals surface area (Å²) in [6.07, 6.45) is 0. The molecule has 27 heavy (non-hydrogen) atoms. The average molecular weight is 364 g/mol. The van der Waals surface area contributed by atoms with Gasteiger partial charge in [0.25, 0.3) is 0 Å². The van der Waals surface area contributed by atoms with E-state index in [2.05, 4.69) is 51.8 Å². The molecule has 2 N–H and O–H groups in total. The third kappa shape index (κ3) is 4.88. The van der Waals surface area contributed by atoms with Crippen LogP contribution in [0.15, 0.2) is 48.5 Å². The Bertz CT molecular complexity index is 911. The van der Waals surface area contributed by atoms with Crippen molar-refractivity contribution in [1.82, 2.24) is 9.97 Å². The van der Waals surface area contributed by atoms with Gasteiger partial charge in [-0.2, -0.15) is 0 Å². The molecule has 0 radical (unpaired) electrons. The summed E-state index contributed by atoms with van der Waals surface area (Å²) in [5.74, 6) is 3.55. The van der Waals surface area contributed by atoms with Crippen LogP contribution in [0.25, 0.3) is 0 Å². The van der Waals surface area contributed by atoms with E-state index < -0.39 is 0 Å². The number of methoxy groups -OCH3 is 2. The minimum atomic E-state index is 0.680. The first kappa shape index (κ1) is 18.5. The molecule has 0 fully saturated rings. The molecule has 0 atom stereocenters. The number of rotatable bonds is 7. The van der Waals surface area contributed by atoms with Gasteiger partial charge in [-0.05, 0) is 31.5 Å². The first-order chi connectivity index (χ1) is 13.1. The molecule has 0 saturated heterocycles. The van der Waals surface area contributed by atoms with Crippen molar-refractivity contribution in [3.8, 4) is 11.5 Å². The number of aryl methyl sites for hydroxylation is 2. The highest BCUT2D eigenvalue weighted by molar-refractivity contribution is 5.67. The molecule has 0 saturated carbocycles. The van der Waals surface area contributed by atoms with Crippen LogP contribution in [0.5, 0.6) is 11.5 Å². The maximum atomic E-state index is 5.43. The second kappa shape index (κ2) is 8.40. The molecule has 0 bridgehead atoms. The summed E-state index contributed by atoms with van der Waals surface area (Å²) in [6.45, 7) is 4.64. The van der Waals surface area contributed by atoms with Crippen LogP contribution in [0.1, 0.15) is 17.0 Å².